The van der Waals surface area contributed by atoms with E-state index in [0.717, 1.165) is 6.08 Å². The minimum Gasteiger partial charge on any atom is -0.504 e. The molecule has 2 aromatic rings. The second-order valence-electron chi connectivity index (χ2n) is 4.02. The number of hydrogen-bond acceptors (Lipinski definition) is 4. The first kappa shape index (κ1) is 19.2. The number of benzene rings is 2. The molecule has 0 aliphatic rings. The van der Waals surface area contributed by atoms with Gasteiger partial charge in [-0.1, -0.05) is 41.4 Å². The normalized spacial score (nSPS) is 9.39. The first-order chi connectivity index (χ1) is 10.9. The summed E-state index contributed by atoms with van der Waals surface area (Å²) in [7, 11) is 1.31. The Bertz CT molecular complexity index is 652. The summed E-state index contributed by atoms with van der Waals surface area (Å²) in [4.78, 5) is 9.84. The van der Waals surface area contributed by atoms with Gasteiger partial charge in [0.2, 0.25) is 0 Å². The highest BCUT2D eigenvalue weighted by molar-refractivity contribution is 6.35. The summed E-state index contributed by atoms with van der Waals surface area (Å²) < 4.78 is 9.59. The van der Waals surface area contributed by atoms with Gasteiger partial charge in [-0.05, 0) is 30.3 Å². The molecule has 0 heterocycles. The Morgan fingerprint density at radius 3 is 2.09 bits per heavy atom. The molecule has 0 aliphatic heterocycles. The molecule has 0 unspecified atom stereocenters. The van der Waals surface area contributed by atoms with Crippen molar-refractivity contribution in [2.45, 2.75) is 0 Å². The Morgan fingerprint density at radius 2 is 1.65 bits per heavy atom. The van der Waals surface area contributed by atoms with Gasteiger partial charge >= 0.3 is 5.97 Å². The van der Waals surface area contributed by atoms with Crippen molar-refractivity contribution in [3.63, 3.8) is 0 Å². The lowest BCUT2D eigenvalue weighted by molar-refractivity contribution is -0.134. The van der Waals surface area contributed by atoms with Crippen molar-refractivity contribution in [3.05, 3.63) is 64.1 Å². The number of carbonyl (C=O) groups is 1. The molecule has 7 heteroatoms. The second kappa shape index (κ2) is 9.30. The van der Waals surface area contributed by atoms with Crippen LogP contribution in [-0.4, -0.2) is 18.2 Å². The van der Waals surface area contributed by atoms with E-state index in [1.165, 1.54) is 13.2 Å². The van der Waals surface area contributed by atoms with Gasteiger partial charge in [0.15, 0.2) is 11.5 Å². The number of ether oxygens (including phenoxy) is 2. The summed E-state index contributed by atoms with van der Waals surface area (Å²) in [5.41, 5.74) is 0. The average molecular weight is 376 g/mol. The van der Waals surface area contributed by atoms with Gasteiger partial charge in [0, 0.05) is 22.2 Å². The molecule has 0 aliphatic carbocycles. The van der Waals surface area contributed by atoms with E-state index in [0.29, 0.717) is 20.8 Å². The molecule has 0 amide bonds. The van der Waals surface area contributed by atoms with Gasteiger partial charge in [-0.2, -0.15) is 0 Å². The zero-order valence-corrected chi connectivity index (χ0v) is 14.3. The Balaban J connectivity index is 0.000000379. The van der Waals surface area contributed by atoms with E-state index >= 15 is 0 Å². The van der Waals surface area contributed by atoms with Gasteiger partial charge in [0.1, 0.15) is 5.75 Å². The second-order valence-corrected chi connectivity index (χ2v) is 5.30. The molecule has 0 saturated carbocycles. The van der Waals surface area contributed by atoms with Crippen LogP contribution in [0, 0.1) is 0 Å². The predicted molar refractivity (Wildman–Crippen MR) is 91.9 cm³/mol. The molecule has 1 N–H and O–H groups in total. The molecule has 0 fully saturated rings. The predicted octanol–water partition coefficient (Wildman–Crippen LogP) is 5.49. The van der Waals surface area contributed by atoms with E-state index in [2.05, 4.69) is 11.3 Å². The standard InChI is InChI=1S/C12H7Cl3O2.C4H6O2/c13-7-1-3-11(9(15)5-7)17-12-4-2-8(14)6-10(12)16;1-3-4(5)6-2/h1-6,16H;3H,1H2,2H3. The van der Waals surface area contributed by atoms with Crippen molar-refractivity contribution in [3.8, 4) is 17.2 Å². The number of hydrogen-bond donors (Lipinski definition) is 1. The quantitative estimate of drug-likeness (QED) is 0.569. The number of aromatic hydroxyl groups is 1. The molecule has 0 aromatic heterocycles. The van der Waals surface area contributed by atoms with E-state index < -0.39 is 5.97 Å². The molecule has 23 heavy (non-hydrogen) atoms. The Kier molecular flexibility index (Phi) is 7.75. The minimum atomic E-state index is -0.394. The maximum Gasteiger partial charge on any atom is 0.329 e. The molecular weight excluding hydrogens is 363 g/mol. The molecule has 2 rings (SSSR count). The number of phenolic OH excluding ortho intramolecular Hbond substituents is 1. The summed E-state index contributed by atoms with van der Waals surface area (Å²) in [5, 5.41) is 10.9. The molecule has 0 atom stereocenters. The fraction of sp³-hybridized carbons (Fsp3) is 0.0625. The zero-order valence-electron chi connectivity index (χ0n) is 12.1. The fourth-order valence-electron chi connectivity index (χ4n) is 1.34. The summed E-state index contributed by atoms with van der Waals surface area (Å²) in [5.74, 6) is 0.242. The lowest BCUT2D eigenvalue weighted by Crippen LogP contribution is -1.91. The molecule has 0 spiro atoms. The monoisotopic (exact) mass is 374 g/mol. The van der Waals surface area contributed by atoms with Gasteiger partial charge in [0.05, 0.1) is 12.1 Å². The summed E-state index contributed by atoms with van der Waals surface area (Å²) in [6.45, 7) is 3.16. The van der Waals surface area contributed by atoms with Crippen molar-refractivity contribution < 1.29 is 19.4 Å². The number of carbonyl (C=O) groups excluding carboxylic acids is 1. The van der Waals surface area contributed by atoms with Crippen LogP contribution < -0.4 is 4.74 Å². The Morgan fingerprint density at radius 1 is 1.09 bits per heavy atom. The number of esters is 1. The molecule has 0 bridgehead atoms. The van der Waals surface area contributed by atoms with Crippen LogP contribution in [0.4, 0.5) is 0 Å². The number of methoxy groups -OCH3 is 1. The van der Waals surface area contributed by atoms with Crippen LogP contribution in [0.2, 0.25) is 15.1 Å². The molecule has 2 aromatic carbocycles. The molecular formula is C16H13Cl3O4. The van der Waals surface area contributed by atoms with Crippen molar-refractivity contribution in [1.29, 1.82) is 0 Å². The van der Waals surface area contributed by atoms with Crippen molar-refractivity contribution in [2.24, 2.45) is 0 Å². The molecule has 4 nitrogen and oxygen atoms in total. The highest BCUT2D eigenvalue weighted by atomic mass is 35.5. The number of rotatable bonds is 3. The first-order valence-corrected chi connectivity index (χ1v) is 7.32. The van der Waals surface area contributed by atoms with Gasteiger partial charge in [-0.3, -0.25) is 0 Å². The fourth-order valence-corrected chi connectivity index (χ4v) is 1.95. The van der Waals surface area contributed by atoms with Crippen LogP contribution >= 0.6 is 34.8 Å². The number of phenols is 1. The average Bonchev–Trinajstić information content (AvgIpc) is 2.52. The SMILES string of the molecule is C=CC(=O)OC.Oc1cc(Cl)ccc1Oc1ccc(Cl)cc1Cl. The topological polar surface area (TPSA) is 55.8 Å². The van der Waals surface area contributed by atoms with Crippen molar-refractivity contribution in [1.82, 2.24) is 0 Å². The van der Waals surface area contributed by atoms with Gasteiger partial charge in [0.25, 0.3) is 0 Å². The smallest absolute Gasteiger partial charge is 0.329 e. The van der Waals surface area contributed by atoms with Gasteiger partial charge in [-0.25, -0.2) is 4.79 Å². The van der Waals surface area contributed by atoms with E-state index in [4.69, 9.17) is 39.5 Å². The summed E-state index contributed by atoms with van der Waals surface area (Å²) >= 11 is 17.4. The van der Waals surface area contributed by atoms with Gasteiger partial charge < -0.3 is 14.6 Å². The molecule has 0 radical (unpaired) electrons. The summed E-state index contributed by atoms with van der Waals surface area (Å²) in [6, 6.07) is 9.39. The van der Waals surface area contributed by atoms with E-state index in [-0.39, 0.29) is 11.5 Å². The third-order valence-electron chi connectivity index (χ3n) is 2.40. The highest BCUT2D eigenvalue weighted by Gasteiger charge is 2.08. The lowest BCUT2D eigenvalue weighted by Gasteiger charge is -2.09. The molecule has 122 valence electrons. The van der Waals surface area contributed by atoms with E-state index in [1.807, 2.05) is 0 Å². The van der Waals surface area contributed by atoms with E-state index in [9.17, 15) is 9.90 Å². The van der Waals surface area contributed by atoms with Crippen LogP contribution in [0.3, 0.4) is 0 Å². The minimum absolute atomic E-state index is 0.0523. The van der Waals surface area contributed by atoms with E-state index in [1.54, 1.807) is 30.3 Å². The lowest BCUT2D eigenvalue weighted by atomic mass is 10.3. The Labute approximate surface area is 148 Å². The largest absolute Gasteiger partial charge is 0.504 e. The third kappa shape index (κ3) is 6.40. The number of halogens is 3. The van der Waals surface area contributed by atoms with Crippen LogP contribution in [0.25, 0.3) is 0 Å². The molecule has 0 saturated heterocycles. The van der Waals surface area contributed by atoms with Gasteiger partial charge in [-0.15, -0.1) is 0 Å². The Hall–Kier alpha value is -1.88. The van der Waals surface area contributed by atoms with Crippen LogP contribution in [0.15, 0.2) is 49.1 Å². The highest BCUT2D eigenvalue weighted by Crippen LogP contribution is 2.36. The van der Waals surface area contributed by atoms with Crippen LogP contribution in [0.5, 0.6) is 17.2 Å². The summed E-state index contributed by atoms with van der Waals surface area (Å²) in [6.07, 6.45) is 1.11. The van der Waals surface area contributed by atoms with Crippen molar-refractivity contribution >= 4 is 40.8 Å². The third-order valence-corrected chi connectivity index (χ3v) is 3.17. The van der Waals surface area contributed by atoms with Crippen molar-refractivity contribution in [2.75, 3.05) is 7.11 Å². The first-order valence-electron chi connectivity index (χ1n) is 6.19. The van der Waals surface area contributed by atoms with Crippen LogP contribution in [-0.2, 0) is 9.53 Å². The van der Waals surface area contributed by atoms with Crippen LogP contribution in [0.1, 0.15) is 0 Å². The zero-order chi connectivity index (χ0) is 17.4. The maximum atomic E-state index is 9.84. The maximum absolute atomic E-state index is 9.84.